The Labute approximate surface area is 332 Å². The summed E-state index contributed by atoms with van der Waals surface area (Å²) in [4.78, 5) is 55.6. The summed E-state index contributed by atoms with van der Waals surface area (Å²) in [6, 6.07) is 0. The molecule has 0 unspecified atom stereocenters. The first-order valence-electron chi connectivity index (χ1n) is 22.0. The fourth-order valence-electron chi connectivity index (χ4n) is 7.46. The third-order valence-corrected chi connectivity index (χ3v) is 11.3. The van der Waals surface area contributed by atoms with Crippen LogP contribution in [0.4, 0.5) is 5.82 Å². The van der Waals surface area contributed by atoms with E-state index in [-0.39, 0.29) is 31.1 Å². The molecule has 2 N–H and O–H groups in total. The van der Waals surface area contributed by atoms with Gasteiger partial charge in [-0.25, -0.2) is 15.0 Å². The zero-order valence-electron chi connectivity index (χ0n) is 34.9. The van der Waals surface area contributed by atoms with Gasteiger partial charge in [-0.05, 0) is 45.7 Å². The normalized spacial score (nSPS) is 14.1. The minimum Gasteiger partial charge on any atom is -0.465 e. The van der Waals surface area contributed by atoms with Crippen molar-refractivity contribution in [2.45, 2.75) is 174 Å². The van der Waals surface area contributed by atoms with Crippen LogP contribution in [0.15, 0.2) is 12.7 Å². The monoisotopic (exact) mass is 770 g/mol. The molecule has 1 saturated heterocycles. The zero-order valence-corrected chi connectivity index (χ0v) is 34.9. The molecule has 12 nitrogen and oxygen atoms in total. The largest absolute Gasteiger partial charge is 0.465 e. The van der Waals surface area contributed by atoms with E-state index in [2.05, 4.69) is 33.7 Å². The van der Waals surface area contributed by atoms with E-state index < -0.39 is 5.41 Å². The van der Waals surface area contributed by atoms with Crippen LogP contribution < -0.4 is 5.73 Å². The summed E-state index contributed by atoms with van der Waals surface area (Å²) in [7, 11) is 2.03. The molecule has 2 aromatic heterocycles. The van der Waals surface area contributed by atoms with Crippen molar-refractivity contribution in [1.29, 1.82) is 0 Å². The molecule has 1 aliphatic heterocycles. The predicted octanol–water partition coefficient (Wildman–Crippen LogP) is 8.66. The molecule has 12 heteroatoms. The van der Waals surface area contributed by atoms with Crippen molar-refractivity contribution >= 4 is 34.8 Å². The van der Waals surface area contributed by atoms with Crippen molar-refractivity contribution < 1.29 is 23.9 Å². The molecular weight excluding hydrogens is 695 g/mol. The van der Waals surface area contributed by atoms with Gasteiger partial charge in [0.05, 0.1) is 6.33 Å². The van der Waals surface area contributed by atoms with E-state index in [0.29, 0.717) is 63.1 Å². The lowest BCUT2D eigenvalue weighted by atomic mass is 9.79. The number of unbranched alkanes of at least 4 members (excludes halogenated alkanes) is 16. The smallest absolute Gasteiger partial charge is 0.305 e. The molecule has 1 fully saturated rings. The average Bonchev–Trinajstić information content (AvgIpc) is 3.61. The number of aromatic nitrogens is 4. The lowest BCUT2D eigenvalue weighted by molar-refractivity contribution is -0.158. The number of hydrogen-bond donors (Lipinski definition) is 1. The number of rotatable bonds is 31. The minimum absolute atomic E-state index is 0.123. The van der Waals surface area contributed by atoms with Gasteiger partial charge in [0.15, 0.2) is 11.5 Å². The summed E-state index contributed by atoms with van der Waals surface area (Å²) >= 11 is 0. The molecule has 3 rings (SSSR count). The lowest BCUT2D eigenvalue weighted by Crippen LogP contribution is -2.48. The molecule has 0 bridgehead atoms. The molecule has 0 spiro atoms. The second-order valence-electron chi connectivity index (χ2n) is 16.1. The second kappa shape index (κ2) is 27.3. The van der Waals surface area contributed by atoms with Gasteiger partial charge in [-0.15, -0.1) is 0 Å². The number of carbonyl (C=O) groups excluding carboxylic acids is 3. The van der Waals surface area contributed by atoms with Gasteiger partial charge >= 0.3 is 11.9 Å². The molecule has 55 heavy (non-hydrogen) atoms. The van der Waals surface area contributed by atoms with Gasteiger partial charge in [0.25, 0.3) is 0 Å². The van der Waals surface area contributed by atoms with Gasteiger partial charge in [-0.2, -0.15) is 0 Å². The number of amides is 1. The van der Waals surface area contributed by atoms with Crippen molar-refractivity contribution in [2.24, 2.45) is 5.41 Å². The molecule has 3 heterocycles. The third-order valence-electron chi connectivity index (χ3n) is 11.3. The lowest BCUT2D eigenvalue weighted by Gasteiger charge is -2.41. The van der Waals surface area contributed by atoms with Gasteiger partial charge in [-0.3, -0.25) is 14.4 Å². The first-order chi connectivity index (χ1) is 26.8. The number of aryl methyl sites for hydroxylation is 1. The number of fused-ring (bicyclic) bond motifs is 1. The van der Waals surface area contributed by atoms with E-state index in [1.165, 1.54) is 83.4 Å². The summed E-state index contributed by atoms with van der Waals surface area (Å²) in [6.45, 7) is 8.28. The highest BCUT2D eigenvalue weighted by atomic mass is 16.5. The van der Waals surface area contributed by atoms with Crippen molar-refractivity contribution in [3.05, 3.63) is 12.7 Å². The number of likely N-dealkylation sites (tertiary alicyclic amines) is 1. The Balaban J connectivity index is 1.39. The Morgan fingerprint density at radius 1 is 0.691 bits per heavy atom. The predicted molar refractivity (Wildman–Crippen MR) is 220 cm³/mol. The van der Waals surface area contributed by atoms with Crippen LogP contribution in [0.1, 0.15) is 168 Å². The molecule has 1 amide bonds. The van der Waals surface area contributed by atoms with E-state index in [4.69, 9.17) is 15.2 Å². The Morgan fingerprint density at radius 2 is 1.20 bits per heavy atom. The Kier molecular flexibility index (Phi) is 22.9. The van der Waals surface area contributed by atoms with Crippen LogP contribution in [0.5, 0.6) is 0 Å². The third kappa shape index (κ3) is 18.5. The number of piperidine rings is 1. The van der Waals surface area contributed by atoms with Crippen LogP contribution in [0.25, 0.3) is 11.2 Å². The molecule has 0 saturated carbocycles. The fraction of sp³-hybridized carbons (Fsp3) is 0.814. The first-order valence-corrected chi connectivity index (χ1v) is 22.0. The van der Waals surface area contributed by atoms with Crippen LogP contribution in [0.2, 0.25) is 0 Å². The van der Waals surface area contributed by atoms with Gasteiger partial charge < -0.3 is 29.6 Å². The fourth-order valence-corrected chi connectivity index (χ4v) is 7.46. The quantitative estimate of drug-likeness (QED) is 0.0584. The number of carbonyl (C=O) groups is 3. The summed E-state index contributed by atoms with van der Waals surface area (Å²) in [5, 5.41) is 0. The molecule has 2 aromatic rings. The summed E-state index contributed by atoms with van der Waals surface area (Å²) in [6.07, 6.45) is 28.2. The van der Waals surface area contributed by atoms with E-state index in [0.717, 1.165) is 63.7 Å². The Morgan fingerprint density at radius 3 is 1.73 bits per heavy atom. The zero-order chi connectivity index (χ0) is 39.6. The molecule has 312 valence electrons. The number of nitrogen functional groups attached to an aromatic ring is 1. The molecule has 0 radical (unpaired) electrons. The highest BCUT2D eigenvalue weighted by Crippen LogP contribution is 2.33. The summed E-state index contributed by atoms with van der Waals surface area (Å²) in [5.74, 6) is 0.148. The highest BCUT2D eigenvalue weighted by Gasteiger charge is 2.38. The van der Waals surface area contributed by atoms with Crippen LogP contribution in [0.3, 0.4) is 0 Å². The van der Waals surface area contributed by atoms with E-state index in [9.17, 15) is 14.4 Å². The number of imidazole rings is 1. The van der Waals surface area contributed by atoms with Crippen LogP contribution in [0, 0.1) is 5.41 Å². The molecule has 0 aliphatic carbocycles. The van der Waals surface area contributed by atoms with Crippen molar-refractivity contribution in [3.63, 3.8) is 0 Å². The molecule has 1 aliphatic rings. The van der Waals surface area contributed by atoms with Crippen LogP contribution in [-0.4, -0.2) is 93.6 Å². The maximum Gasteiger partial charge on any atom is 0.305 e. The molecule has 0 atom stereocenters. The maximum atomic E-state index is 13.3. The second-order valence-corrected chi connectivity index (χ2v) is 16.1. The van der Waals surface area contributed by atoms with Gasteiger partial charge in [0.1, 0.15) is 25.1 Å². The van der Waals surface area contributed by atoms with Crippen molar-refractivity contribution in [3.8, 4) is 0 Å². The average molecular weight is 770 g/mol. The minimum atomic E-state index is -0.469. The number of ether oxygens (including phenoxy) is 2. The topological polar surface area (TPSA) is 146 Å². The number of esters is 2. The summed E-state index contributed by atoms with van der Waals surface area (Å²) < 4.78 is 13.7. The number of anilines is 1. The van der Waals surface area contributed by atoms with Gasteiger partial charge in [0.2, 0.25) is 5.91 Å². The SMILES string of the molecule is CCCCCCCCCCCC(=O)OCC1(COC(=O)CCCCCCCCCCC)CCN(C(=O)CCN(C)CCCn2cnc3c(N)ncnc32)CC1. The van der Waals surface area contributed by atoms with E-state index >= 15 is 0 Å². The summed E-state index contributed by atoms with van der Waals surface area (Å²) in [5.41, 5.74) is 6.79. The maximum absolute atomic E-state index is 13.3. The highest BCUT2D eigenvalue weighted by molar-refractivity contribution is 5.81. The standard InChI is InChI=1S/C43H75N7O5/c1-4-6-8-10-12-14-16-18-20-23-38(52)54-33-43(34-55-39(53)24-21-19-17-15-13-11-9-7-5-2)26-31-49(32-27-43)37(51)25-30-48(3)28-22-29-50-36-47-40-41(44)45-35-46-42(40)50/h35-36H,4-34H2,1-3H3,(H2,44,45,46). The number of nitrogens with two attached hydrogens (primary N) is 1. The Bertz CT molecular complexity index is 1320. The van der Waals surface area contributed by atoms with E-state index in [1.54, 1.807) is 6.33 Å². The van der Waals surface area contributed by atoms with Crippen molar-refractivity contribution in [1.82, 2.24) is 29.3 Å². The van der Waals surface area contributed by atoms with Crippen molar-refractivity contribution in [2.75, 3.05) is 52.2 Å². The van der Waals surface area contributed by atoms with Crippen LogP contribution >= 0.6 is 0 Å². The van der Waals surface area contributed by atoms with E-state index in [1.807, 2.05) is 16.5 Å². The molecular formula is C43H75N7O5. The van der Waals surface area contributed by atoms with Gasteiger partial charge in [0, 0.05) is 50.9 Å². The van der Waals surface area contributed by atoms with Crippen LogP contribution in [-0.2, 0) is 30.4 Å². The molecule has 0 aromatic carbocycles. The number of hydrogen-bond acceptors (Lipinski definition) is 10. The Hall–Kier alpha value is -3.28. The number of nitrogens with zero attached hydrogens (tertiary/aromatic N) is 6. The van der Waals surface area contributed by atoms with Gasteiger partial charge in [-0.1, -0.05) is 117 Å². The first kappa shape index (κ1) is 46.1.